The van der Waals surface area contributed by atoms with Gasteiger partial charge < -0.3 is 5.32 Å². The second-order valence-electron chi connectivity index (χ2n) is 8.73. The van der Waals surface area contributed by atoms with E-state index in [2.05, 4.69) is 40.1 Å². The summed E-state index contributed by atoms with van der Waals surface area (Å²) in [6, 6.07) is 3.79. The standard InChI is InChI=1S/C18H23BrN2O/c1-16-5-12-6-17(2,9-16)11-18(7-12,10-16)15(22)21-14-4-3-13(19)8-20-14/h3-4,8,12H,5-7,9-11H2,1-2H3,(H,20,21,22)/t12?,16-,17-,18?/m1/s1. The smallest absolute Gasteiger partial charge is 0.231 e. The van der Waals surface area contributed by atoms with E-state index >= 15 is 0 Å². The summed E-state index contributed by atoms with van der Waals surface area (Å²) in [7, 11) is 0. The fourth-order valence-corrected chi connectivity index (χ4v) is 6.63. The number of rotatable bonds is 2. The molecule has 4 saturated carbocycles. The van der Waals surface area contributed by atoms with Gasteiger partial charge in [-0.25, -0.2) is 4.98 Å². The first kappa shape index (κ1) is 14.7. The van der Waals surface area contributed by atoms with Gasteiger partial charge in [0.2, 0.25) is 5.91 Å². The van der Waals surface area contributed by atoms with E-state index in [1.54, 1.807) is 6.20 Å². The largest absolute Gasteiger partial charge is 0.310 e. The van der Waals surface area contributed by atoms with Crippen molar-refractivity contribution in [2.45, 2.75) is 52.4 Å². The van der Waals surface area contributed by atoms with Crippen LogP contribution < -0.4 is 5.32 Å². The van der Waals surface area contributed by atoms with Gasteiger partial charge in [-0.05, 0) is 83.3 Å². The highest BCUT2D eigenvalue weighted by Crippen LogP contribution is 2.69. The Kier molecular flexibility index (Phi) is 3.04. The molecule has 1 N–H and O–H groups in total. The Morgan fingerprint density at radius 2 is 1.86 bits per heavy atom. The van der Waals surface area contributed by atoms with Gasteiger partial charge in [0, 0.05) is 10.7 Å². The van der Waals surface area contributed by atoms with Crippen LogP contribution in [0.4, 0.5) is 5.82 Å². The monoisotopic (exact) mass is 362 g/mol. The summed E-state index contributed by atoms with van der Waals surface area (Å²) in [4.78, 5) is 17.4. The summed E-state index contributed by atoms with van der Waals surface area (Å²) in [5.74, 6) is 1.60. The zero-order chi connectivity index (χ0) is 15.6. The molecule has 3 nitrogen and oxygen atoms in total. The van der Waals surface area contributed by atoms with Crippen LogP contribution in [-0.2, 0) is 4.79 Å². The summed E-state index contributed by atoms with van der Waals surface area (Å²) in [5, 5.41) is 3.09. The van der Waals surface area contributed by atoms with Gasteiger partial charge in [0.15, 0.2) is 0 Å². The van der Waals surface area contributed by atoms with Crippen molar-refractivity contribution in [2.75, 3.05) is 5.32 Å². The molecule has 1 aromatic heterocycles. The summed E-state index contributed by atoms with van der Waals surface area (Å²) < 4.78 is 0.931. The van der Waals surface area contributed by atoms with Crippen LogP contribution in [0.15, 0.2) is 22.8 Å². The molecule has 5 rings (SSSR count). The molecule has 4 aliphatic rings. The minimum absolute atomic E-state index is 0.169. The Morgan fingerprint density at radius 1 is 1.18 bits per heavy atom. The maximum atomic E-state index is 13.1. The molecule has 0 aliphatic heterocycles. The molecule has 4 aliphatic carbocycles. The Bertz CT molecular complexity index is 608. The van der Waals surface area contributed by atoms with Crippen molar-refractivity contribution < 1.29 is 4.79 Å². The lowest BCUT2D eigenvalue weighted by Gasteiger charge is -2.64. The maximum Gasteiger partial charge on any atom is 0.231 e. The fraction of sp³-hybridized carbons (Fsp3) is 0.667. The van der Waals surface area contributed by atoms with E-state index in [9.17, 15) is 4.79 Å². The predicted octanol–water partition coefficient (Wildman–Crippen LogP) is 4.78. The number of hydrogen-bond acceptors (Lipinski definition) is 2. The third kappa shape index (κ3) is 2.31. The average molecular weight is 363 g/mol. The molecule has 1 amide bonds. The van der Waals surface area contributed by atoms with Crippen molar-refractivity contribution in [3.63, 3.8) is 0 Å². The van der Waals surface area contributed by atoms with E-state index in [4.69, 9.17) is 0 Å². The van der Waals surface area contributed by atoms with Gasteiger partial charge in [0.05, 0.1) is 5.41 Å². The molecule has 4 bridgehead atoms. The van der Waals surface area contributed by atoms with Crippen molar-refractivity contribution in [2.24, 2.45) is 22.2 Å². The molecular formula is C18H23BrN2O. The zero-order valence-electron chi connectivity index (χ0n) is 13.3. The SMILES string of the molecule is C[C@]12CC3CC(C(=O)Nc4ccc(Br)cn4)(C1)C[C@](C)(C3)C2. The molecule has 4 fully saturated rings. The molecule has 118 valence electrons. The Morgan fingerprint density at radius 3 is 2.41 bits per heavy atom. The van der Waals surface area contributed by atoms with Gasteiger partial charge in [-0.2, -0.15) is 0 Å². The number of amides is 1. The van der Waals surface area contributed by atoms with Crippen molar-refractivity contribution in [3.8, 4) is 0 Å². The van der Waals surface area contributed by atoms with Gasteiger partial charge in [0.25, 0.3) is 0 Å². The van der Waals surface area contributed by atoms with Crippen LogP contribution in [-0.4, -0.2) is 10.9 Å². The molecule has 0 unspecified atom stereocenters. The first-order valence-electron chi connectivity index (χ1n) is 8.23. The molecule has 2 atom stereocenters. The first-order chi connectivity index (χ1) is 10.3. The van der Waals surface area contributed by atoms with Gasteiger partial charge >= 0.3 is 0 Å². The Balaban J connectivity index is 1.61. The van der Waals surface area contributed by atoms with Crippen LogP contribution in [0.25, 0.3) is 0 Å². The summed E-state index contributed by atoms with van der Waals surface area (Å²) in [6.07, 6.45) is 8.83. The highest BCUT2D eigenvalue weighted by atomic mass is 79.9. The highest BCUT2D eigenvalue weighted by Gasteiger charge is 2.62. The van der Waals surface area contributed by atoms with E-state index in [0.29, 0.717) is 16.6 Å². The molecule has 4 heteroatoms. The number of anilines is 1. The topological polar surface area (TPSA) is 42.0 Å². The number of pyridine rings is 1. The number of carbonyl (C=O) groups is 1. The lowest BCUT2D eigenvalue weighted by molar-refractivity contribution is -0.165. The third-order valence-corrected chi connectivity index (χ3v) is 6.55. The lowest BCUT2D eigenvalue weighted by Crippen LogP contribution is -2.58. The summed E-state index contributed by atoms with van der Waals surface area (Å²) in [5.41, 5.74) is 0.551. The van der Waals surface area contributed by atoms with Crippen LogP contribution in [0.5, 0.6) is 0 Å². The second kappa shape index (κ2) is 4.56. The van der Waals surface area contributed by atoms with Crippen molar-refractivity contribution in [3.05, 3.63) is 22.8 Å². The lowest BCUT2D eigenvalue weighted by atomic mass is 9.40. The van der Waals surface area contributed by atoms with E-state index in [0.717, 1.165) is 29.7 Å². The molecule has 0 spiro atoms. The van der Waals surface area contributed by atoms with E-state index in [1.165, 1.54) is 19.3 Å². The quantitative estimate of drug-likeness (QED) is 0.822. The van der Waals surface area contributed by atoms with Crippen molar-refractivity contribution >= 4 is 27.7 Å². The van der Waals surface area contributed by atoms with Crippen LogP contribution in [0.3, 0.4) is 0 Å². The Labute approximate surface area is 140 Å². The molecule has 0 aromatic carbocycles. The number of hydrogen-bond donors (Lipinski definition) is 1. The third-order valence-electron chi connectivity index (χ3n) is 6.08. The van der Waals surface area contributed by atoms with Crippen LogP contribution in [0, 0.1) is 22.2 Å². The summed E-state index contributed by atoms with van der Waals surface area (Å²) in [6.45, 7) is 4.80. The van der Waals surface area contributed by atoms with E-state index < -0.39 is 0 Å². The Hall–Kier alpha value is -0.900. The summed E-state index contributed by atoms with van der Waals surface area (Å²) >= 11 is 3.38. The first-order valence-corrected chi connectivity index (χ1v) is 9.02. The number of nitrogens with zero attached hydrogens (tertiary/aromatic N) is 1. The molecule has 0 radical (unpaired) electrons. The van der Waals surface area contributed by atoms with E-state index in [1.807, 2.05) is 12.1 Å². The number of carbonyl (C=O) groups excluding carboxylic acids is 1. The average Bonchev–Trinajstić information content (AvgIpc) is 2.37. The van der Waals surface area contributed by atoms with Crippen LogP contribution >= 0.6 is 15.9 Å². The van der Waals surface area contributed by atoms with Gasteiger partial charge in [-0.1, -0.05) is 13.8 Å². The van der Waals surface area contributed by atoms with Crippen LogP contribution in [0.2, 0.25) is 0 Å². The minimum atomic E-state index is -0.169. The fourth-order valence-electron chi connectivity index (χ4n) is 6.40. The molecule has 1 heterocycles. The van der Waals surface area contributed by atoms with Crippen LogP contribution in [0.1, 0.15) is 52.4 Å². The predicted molar refractivity (Wildman–Crippen MR) is 90.4 cm³/mol. The van der Waals surface area contributed by atoms with Crippen molar-refractivity contribution in [1.82, 2.24) is 4.98 Å². The van der Waals surface area contributed by atoms with Gasteiger partial charge in [-0.3, -0.25) is 4.79 Å². The normalized spacial score (nSPS) is 42.4. The number of nitrogens with one attached hydrogen (secondary N) is 1. The minimum Gasteiger partial charge on any atom is -0.310 e. The molecule has 0 saturated heterocycles. The zero-order valence-corrected chi connectivity index (χ0v) is 14.9. The second-order valence-corrected chi connectivity index (χ2v) is 9.64. The molecule has 22 heavy (non-hydrogen) atoms. The van der Waals surface area contributed by atoms with E-state index in [-0.39, 0.29) is 11.3 Å². The molecular weight excluding hydrogens is 340 g/mol. The highest BCUT2D eigenvalue weighted by molar-refractivity contribution is 9.10. The molecule has 1 aromatic rings. The maximum absolute atomic E-state index is 13.1. The van der Waals surface area contributed by atoms with Gasteiger partial charge in [0.1, 0.15) is 5.82 Å². The number of halogens is 1. The van der Waals surface area contributed by atoms with Gasteiger partial charge in [-0.15, -0.1) is 0 Å². The number of aromatic nitrogens is 1. The van der Waals surface area contributed by atoms with Crippen molar-refractivity contribution in [1.29, 1.82) is 0 Å².